The van der Waals surface area contributed by atoms with Gasteiger partial charge in [-0.15, -0.1) is 0 Å². The molecule has 2 rings (SSSR count). The Balaban J connectivity index is 1.92. The third-order valence-corrected chi connectivity index (χ3v) is 4.24. The number of carbonyl (C=O) groups excluding carboxylic acids is 2. The molecular formula is C18H19Cl2N2O2+. The molecule has 24 heavy (non-hydrogen) atoms. The highest BCUT2D eigenvalue weighted by Gasteiger charge is 2.12. The van der Waals surface area contributed by atoms with E-state index in [0.717, 1.165) is 10.5 Å². The number of carbonyl (C=O) groups is 2. The van der Waals surface area contributed by atoms with Gasteiger partial charge in [0, 0.05) is 16.8 Å². The van der Waals surface area contributed by atoms with Gasteiger partial charge in [0.15, 0.2) is 12.3 Å². The van der Waals surface area contributed by atoms with Crippen LogP contribution < -0.4 is 10.2 Å². The van der Waals surface area contributed by atoms with Gasteiger partial charge in [0.25, 0.3) is 5.91 Å². The maximum Gasteiger partial charge on any atom is 0.279 e. The Bertz CT molecular complexity index is 762. The van der Waals surface area contributed by atoms with Crippen LogP contribution in [0.4, 0.5) is 5.69 Å². The standard InChI is InChI=1S/C18H18Cl2N2O2/c1-12(23)14-4-3-5-15(9-14)21-18(24)11-22(2)10-13-6-7-16(19)17(20)8-13/h3-9H,10-11H2,1-2H3,(H,21,24)/p+1. The van der Waals surface area contributed by atoms with Crippen LogP contribution in [-0.2, 0) is 11.3 Å². The van der Waals surface area contributed by atoms with E-state index in [4.69, 9.17) is 23.2 Å². The lowest BCUT2D eigenvalue weighted by atomic mass is 10.1. The van der Waals surface area contributed by atoms with Gasteiger partial charge in [0.1, 0.15) is 6.54 Å². The maximum absolute atomic E-state index is 12.2. The third-order valence-electron chi connectivity index (χ3n) is 3.51. The Labute approximate surface area is 151 Å². The van der Waals surface area contributed by atoms with Gasteiger partial charge in [0.2, 0.25) is 0 Å². The molecule has 0 aliphatic heterocycles. The molecule has 0 bridgehead atoms. The number of hydrogen-bond donors (Lipinski definition) is 2. The number of hydrogen-bond acceptors (Lipinski definition) is 2. The number of amides is 1. The lowest BCUT2D eigenvalue weighted by Crippen LogP contribution is -3.08. The number of halogens is 2. The Morgan fingerprint density at radius 2 is 1.83 bits per heavy atom. The molecule has 0 radical (unpaired) electrons. The summed E-state index contributed by atoms with van der Waals surface area (Å²) in [6.07, 6.45) is 0. The van der Waals surface area contributed by atoms with Crippen molar-refractivity contribution < 1.29 is 14.5 Å². The molecule has 2 aromatic rings. The van der Waals surface area contributed by atoms with E-state index in [9.17, 15) is 9.59 Å². The lowest BCUT2D eigenvalue weighted by Gasteiger charge is -2.14. The molecule has 1 unspecified atom stereocenters. The molecular weight excluding hydrogens is 347 g/mol. The summed E-state index contributed by atoms with van der Waals surface area (Å²) in [6.45, 7) is 2.44. The topological polar surface area (TPSA) is 50.6 Å². The molecule has 126 valence electrons. The van der Waals surface area contributed by atoms with E-state index in [1.807, 2.05) is 19.2 Å². The third kappa shape index (κ3) is 5.34. The molecule has 4 nitrogen and oxygen atoms in total. The van der Waals surface area contributed by atoms with E-state index >= 15 is 0 Å². The quantitative estimate of drug-likeness (QED) is 0.773. The van der Waals surface area contributed by atoms with Gasteiger partial charge in [-0.2, -0.15) is 0 Å². The molecule has 1 amide bonds. The van der Waals surface area contributed by atoms with Crippen molar-refractivity contribution in [2.24, 2.45) is 0 Å². The van der Waals surface area contributed by atoms with E-state index in [2.05, 4.69) is 5.32 Å². The first kappa shape index (κ1) is 18.5. The first-order valence-electron chi connectivity index (χ1n) is 7.51. The number of quaternary nitrogens is 1. The lowest BCUT2D eigenvalue weighted by molar-refractivity contribution is -0.885. The van der Waals surface area contributed by atoms with Crippen molar-refractivity contribution in [1.29, 1.82) is 0 Å². The summed E-state index contributed by atoms with van der Waals surface area (Å²) in [4.78, 5) is 24.5. The summed E-state index contributed by atoms with van der Waals surface area (Å²) < 4.78 is 0. The number of nitrogens with one attached hydrogen (secondary N) is 2. The van der Waals surface area contributed by atoms with E-state index in [0.29, 0.717) is 34.4 Å². The van der Waals surface area contributed by atoms with E-state index < -0.39 is 0 Å². The smallest absolute Gasteiger partial charge is 0.279 e. The molecule has 2 aromatic carbocycles. The summed E-state index contributed by atoms with van der Waals surface area (Å²) in [5, 5.41) is 3.84. The van der Waals surface area contributed by atoms with Gasteiger partial charge in [-0.1, -0.05) is 41.4 Å². The van der Waals surface area contributed by atoms with Crippen molar-refractivity contribution in [2.75, 3.05) is 18.9 Å². The second kappa shape index (κ2) is 8.29. The molecule has 1 atom stereocenters. The van der Waals surface area contributed by atoms with Gasteiger partial charge in [-0.3, -0.25) is 9.59 Å². The van der Waals surface area contributed by atoms with E-state index in [1.165, 1.54) is 6.92 Å². The van der Waals surface area contributed by atoms with Crippen LogP contribution in [0.25, 0.3) is 0 Å². The highest BCUT2D eigenvalue weighted by atomic mass is 35.5. The zero-order valence-electron chi connectivity index (χ0n) is 13.5. The molecule has 0 heterocycles. The van der Waals surface area contributed by atoms with Crippen LogP contribution >= 0.6 is 23.2 Å². The molecule has 0 aromatic heterocycles. The number of benzene rings is 2. The van der Waals surface area contributed by atoms with E-state index in [-0.39, 0.29) is 11.7 Å². The van der Waals surface area contributed by atoms with Gasteiger partial charge in [0.05, 0.1) is 17.1 Å². The van der Waals surface area contributed by atoms with Crippen LogP contribution in [0.3, 0.4) is 0 Å². The Morgan fingerprint density at radius 3 is 2.50 bits per heavy atom. The van der Waals surface area contributed by atoms with Crippen LogP contribution in [0.2, 0.25) is 10.0 Å². The second-order valence-corrected chi connectivity index (χ2v) is 6.56. The van der Waals surface area contributed by atoms with Crippen molar-refractivity contribution in [3.8, 4) is 0 Å². The fourth-order valence-corrected chi connectivity index (χ4v) is 2.68. The minimum Gasteiger partial charge on any atom is -0.326 e. The normalized spacial score (nSPS) is 11.8. The summed E-state index contributed by atoms with van der Waals surface area (Å²) in [5.74, 6) is -0.151. The summed E-state index contributed by atoms with van der Waals surface area (Å²) >= 11 is 11.9. The van der Waals surface area contributed by atoms with Crippen LogP contribution in [-0.4, -0.2) is 25.3 Å². The van der Waals surface area contributed by atoms with Crippen molar-refractivity contribution in [2.45, 2.75) is 13.5 Å². The summed E-state index contributed by atoms with van der Waals surface area (Å²) in [5.41, 5.74) is 2.20. The second-order valence-electron chi connectivity index (χ2n) is 5.74. The monoisotopic (exact) mass is 365 g/mol. The van der Waals surface area contributed by atoms with Crippen molar-refractivity contribution in [3.05, 3.63) is 63.6 Å². The molecule has 0 spiro atoms. The zero-order chi connectivity index (χ0) is 17.7. The fraction of sp³-hybridized carbons (Fsp3) is 0.222. The molecule has 0 fully saturated rings. The average molecular weight is 366 g/mol. The summed E-state index contributed by atoms with van der Waals surface area (Å²) in [6, 6.07) is 12.4. The highest BCUT2D eigenvalue weighted by molar-refractivity contribution is 6.42. The zero-order valence-corrected chi connectivity index (χ0v) is 15.0. The van der Waals surface area contributed by atoms with Gasteiger partial charge in [-0.25, -0.2) is 0 Å². The van der Waals surface area contributed by atoms with Crippen LogP contribution in [0.5, 0.6) is 0 Å². The molecule has 0 saturated carbocycles. The van der Waals surface area contributed by atoms with Crippen molar-refractivity contribution >= 4 is 40.6 Å². The van der Waals surface area contributed by atoms with Crippen LogP contribution in [0, 0.1) is 0 Å². The van der Waals surface area contributed by atoms with Crippen LogP contribution in [0.15, 0.2) is 42.5 Å². The summed E-state index contributed by atoms with van der Waals surface area (Å²) in [7, 11) is 1.92. The van der Waals surface area contributed by atoms with Gasteiger partial charge in [-0.05, 0) is 31.2 Å². The number of likely N-dealkylation sites (N-methyl/N-ethyl adjacent to an activating group) is 1. The Kier molecular flexibility index (Phi) is 6.37. The van der Waals surface area contributed by atoms with Crippen LogP contribution in [0.1, 0.15) is 22.8 Å². The number of rotatable bonds is 6. The van der Waals surface area contributed by atoms with Crippen molar-refractivity contribution in [3.63, 3.8) is 0 Å². The highest BCUT2D eigenvalue weighted by Crippen LogP contribution is 2.22. The predicted molar refractivity (Wildman–Crippen MR) is 97.0 cm³/mol. The SMILES string of the molecule is CC(=O)c1cccc(NC(=O)C[NH+](C)Cc2ccc(Cl)c(Cl)c2)c1. The van der Waals surface area contributed by atoms with Gasteiger partial charge >= 0.3 is 0 Å². The number of Topliss-reactive ketones (excluding diaryl/α,β-unsaturated/α-hetero) is 1. The molecule has 0 aliphatic carbocycles. The Hall–Kier alpha value is -1.88. The largest absolute Gasteiger partial charge is 0.326 e. The van der Waals surface area contributed by atoms with Crippen molar-refractivity contribution in [1.82, 2.24) is 0 Å². The molecule has 0 saturated heterocycles. The maximum atomic E-state index is 12.2. The van der Waals surface area contributed by atoms with E-state index in [1.54, 1.807) is 30.3 Å². The predicted octanol–water partition coefficient (Wildman–Crippen LogP) is 2.85. The van der Waals surface area contributed by atoms with Gasteiger partial charge < -0.3 is 10.2 Å². The first-order valence-corrected chi connectivity index (χ1v) is 8.27. The Morgan fingerprint density at radius 1 is 1.08 bits per heavy atom. The molecule has 6 heteroatoms. The minimum absolute atomic E-state index is 0.0338. The molecule has 2 N–H and O–H groups in total. The number of ketones is 1. The number of anilines is 1. The fourth-order valence-electron chi connectivity index (χ4n) is 2.36. The molecule has 0 aliphatic rings. The average Bonchev–Trinajstić information content (AvgIpc) is 2.51. The minimum atomic E-state index is -0.117. The first-order chi connectivity index (χ1) is 11.3.